The fraction of sp³-hybridized carbons (Fsp3) is 0.650. The number of hydrogen-bond acceptors (Lipinski definition) is 3. The number of hydrogen-bond donors (Lipinski definition) is 1. The van der Waals surface area contributed by atoms with Crippen molar-refractivity contribution in [1.82, 2.24) is 9.80 Å². The van der Waals surface area contributed by atoms with Crippen LogP contribution in [0.4, 0.5) is 0 Å². The third kappa shape index (κ3) is 6.96. The first-order valence-electron chi connectivity index (χ1n) is 9.21. The van der Waals surface area contributed by atoms with Crippen molar-refractivity contribution >= 4 is 18.3 Å². The first kappa shape index (κ1) is 21.9. The van der Waals surface area contributed by atoms with Gasteiger partial charge in [-0.3, -0.25) is 4.79 Å². The van der Waals surface area contributed by atoms with Crippen LogP contribution in [-0.2, 0) is 11.3 Å². The summed E-state index contributed by atoms with van der Waals surface area (Å²) in [5.74, 6) is 0.257. The minimum absolute atomic E-state index is 0. The standard InChI is InChI=1S/C20H33N3O.ClH/c1-22(2)13-14-23(16-18-9-5-3-6-10-18)19(24)15-20(17-21)11-7-4-8-12-20;/h3,5-6,9-10H,4,7-8,11-17,21H2,1-2H3;1H. The van der Waals surface area contributed by atoms with E-state index in [0.29, 0.717) is 19.5 Å². The quantitative estimate of drug-likeness (QED) is 0.766. The molecule has 1 amide bonds. The Morgan fingerprint density at radius 1 is 1.08 bits per heavy atom. The molecule has 1 fully saturated rings. The number of benzene rings is 1. The van der Waals surface area contributed by atoms with E-state index >= 15 is 0 Å². The average molecular weight is 368 g/mol. The Labute approximate surface area is 159 Å². The first-order valence-corrected chi connectivity index (χ1v) is 9.21. The van der Waals surface area contributed by atoms with E-state index in [-0.39, 0.29) is 23.7 Å². The number of likely N-dealkylation sites (N-methyl/N-ethyl adjacent to an activating group) is 1. The molecule has 1 aromatic rings. The summed E-state index contributed by atoms with van der Waals surface area (Å²) < 4.78 is 0. The van der Waals surface area contributed by atoms with Gasteiger partial charge in [0.2, 0.25) is 5.91 Å². The van der Waals surface area contributed by atoms with Crippen LogP contribution in [0.3, 0.4) is 0 Å². The van der Waals surface area contributed by atoms with Crippen molar-refractivity contribution in [3.05, 3.63) is 35.9 Å². The molecule has 1 saturated carbocycles. The summed E-state index contributed by atoms with van der Waals surface area (Å²) in [6, 6.07) is 10.3. The fourth-order valence-corrected chi connectivity index (χ4v) is 3.60. The maximum Gasteiger partial charge on any atom is 0.223 e. The van der Waals surface area contributed by atoms with Gasteiger partial charge in [0, 0.05) is 26.1 Å². The second kappa shape index (κ2) is 10.8. The van der Waals surface area contributed by atoms with Crippen molar-refractivity contribution in [3.63, 3.8) is 0 Å². The molecular formula is C20H34ClN3O. The SMILES string of the molecule is CN(C)CCN(Cc1ccccc1)C(=O)CC1(CN)CCCCC1.Cl. The molecule has 142 valence electrons. The Hall–Kier alpha value is -1.10. The molecule has 2 N–H and O–H groups in total. The number of amides is 1. The molecule has 4 nitrogen and oxygen atoms in total. The number of carbonyl (C=O) groups excluding carboxylic acids is 1. The van der Waals surface area contributed by atoms with Gasteiger partial charge in [0.1, 0.15) is 0 Å². The largest absolute Gasteiger partial charge is 0.337 e. The lowest BCUT2D eigenvalue weighted by Crippen LogP contribution is -2.42. The lowest BCUT2D eigenvalue weighted by atomic mass is 9.71. The highest BCUT2D eigenvalue weighted by atomic mass is 35.5. The topological polar surface area (TPSA) is 49.6 Å². The molecule has 0 aliphatic heterocycles. The summed E-state index contributed by atoms with van der Waals surface area (Å²) in [5.41, 5.74) is 7.30. The highest BCUT2D eigenvalue weighted by Crippen LogP contribution is 2.38. The van der Waals surface area contributed by atoms with Crippen LogP contribution < -0.4 is 5.73 Å². The Morgan fingerprint density at radius 2 is 1.72 bits per heavy atom. The van der Waals surface area contributed by atoms with Crippen molar-refractivity contribution in [1.29, 1.82) is 0 Å². The number of nitrogens with two attached hydrogens (primary N) is 1. The summed E-state index contributed by atoms with van der Waals surface area (Å²) in [6.07, 6.45) is 6.50. The maximum absolute atomic E-state index is 13.0. The first-order chi connectivity index (χ1) is 11.5. The summed E-state index contributed by atoms with van der Waals surface area (Å²) in [4.78, 5) is 17.2. The number of carbonyl (C=O) groups is 1. The van der Waals surface area contributed by atoms with Gasteiger partial charge >= 0.3 is 0 Å². The van der Waals surface area contributed by atoms with E-state index < -0.39 is 0 Å². The van der Waals surface area contributed by atoms with Crippen molar-refractivity contribution in [2.24, 2.45) is 11.1 Å². The van der Waals surface area contributed by atoms with Crippen LogP contribution in [0.15, 0.2) is 30.3 Å². The van der Waals surface area contributed by atoms with Gasteiger partial charge in [-0.05, 0) is 44.5 Å². The van der Waals surface area contributed by atoms with E-state index in [1.807, 2.05) is 37.2 Å². The lowest BCUT2D eigenvalue weighted by Gasteiger charge is -2.37. The van der Waals surface area contributed by atoms with Crippen molar-refractivity contribution in [2.45, 2.75) is 45.1 Å². The Morgan fingerprint density at radius 3 is 2.28 bits per heavy atom. The molecule has 0 heterocycles. The number of nitrogens with zero attached hydrogens (tertiary/aromatic N) is 2. The van der Waals surface area contributed by atoms with Crippen LogP contribution in [0.1, 0.15) is 44.1 Å². The highest BCUT2D eigenvalue weighted by Gasteiger charge is 2.34. The van der Waals surface area contributed by atoms with Gasteiger partial charge in [-0.1, -0.05) is 49.6 Å². The molecule has 0 aromatic heterocycles. The highest BCUT2D eigenvalue weighted by molar-refractivity contribution is 5.85. The molecule has 1 aliphatic rings. The van der Waals surface area contributed by atoms with Crippen molar-refractivity contribution in [3.8, 4) is 0 Å². The van der Waals surface area contributed by atoms with E-state index in [4.69, 9.17) is 5.73 Å². The summed E-state index contributed by atoms with van der Waals surface area (Å²) in [5, 5.41) is 0. The molecule has 2 rings (SSSR count). The average Bonchev–Trinajstić information content (AvgIpc) is 2.60. The maximum atomic E-state index is 13.0. The molecule has 0 spiro atoms. The van der Waals surface area contributed by atoms with Crippen LogP contribution >= 0.6 is 12.4 Å². The molecule has 1 aliphatic carbocycles. The fourth-order valence-electron chi connectivity index (χ4n) is 3.60. The van der Waals surface area contributed by atoms with Gasteiger partial charge in [-0.25, -0.2) is 0 Å². The molecule has 5 heteroatoms. The minimum Gasteiger partial charge on any atom is -0.337 e. The van der Waals surface area contributed by atoms with E-state index in [1.165, 1.54) is 24.8 Å². The van der Waals surface area contributed by atoms with Gasteiger partial charge in [0.25, 0.3) is 0 Å². The van der Waals surface area contributed by atoms with Crippen LogP contribution in [0.25, 0.3) is 0 Å². The third-order valence-corrected chi connectivity index (χ3v) is 5.26. The Bertz CT molecular complexity index is 501. The van der Waals surface area contributed by atoms with E-state index in [0.717, 1.165) is 25.9 Å². The van der Waals surface area contributed by atoms with Gasteiger partial charge in [-0.15, -0.1) is 12.4 Å². The van der Waals surface area contributed by atoms with E-state index in [1.54, 1.807) is 0 Å². The zero-order valence-corrected chi connectivity index (χ0v) is 16.6. The van der Waals surface area contributed by atoms with Crippen molar-refractivity contribution < 1.29 is 4.79 Å². The van der Waals surface area contributed by atoms with Crippen molar-refractivity contribution in [2.75, 3.05) is 33.7 Å². The zero-order chi connectivity index (χ0) is 17.4. The Kier molecular flexibility index (Phi) is 9.47. The number of rotatable bonds is 8. The molecule has 25 heavy (non-hydrogen) atoms. The smallest absolute Gasteiger partial charge is 0.223 e. The minimum atomic E-state index is 0. The third-order valence-electron chi connectivity index (χ3n) is 5.26. The predicted octanol–water partition coefficient (Wildman–Crippen LogP) is 3.30. The van der Waals surface area contributed by atoms with Gasteiger partial charge in [0.15, 0.2) is 0 Å². The molecule has 0 atom stereocenters. The monoisotopic (exact) mass is 367 g/mol. The van der Waals surface area contributed by atoms with Crippen LogP contribution in [0.2, 0.25) is 0 Å². The van der Waals surface area contributed by atoms with Gasteiger partial charge < -0.3 is 15.5 Å². The van der Waals surface area contributed by atoms with Gasteiger partial charge in [-0.2, -0.15) is 0 Å². The van der Waals surface area contributed by atoms with Crippen LogP contribution in [-0.4, -0.2) is 49.4 Å². The molecule has 0 radical (unpaired) electrons. The lowest BCUT2D eigenvalue weighted by molar-refractivity contribution is -0.135. The molecule has 1 aromatic carbocycles. The van der Waals surface area contributed by atoms with E-state index in [9.17, 15) is 4.79 Å². The summed E-state index contributed by atoms with van der Waals surface area (Å²) in [7, 11) is 4.10. The summed E-state index contributed by atoms with van der Waals surface area (Å²) >= 11 is 0. The summed E-state index contributed by atoms with van der Waals surface area (Å²) in [6.45, 7) is 2.97. The predicted molar refractivity (Wildman–Crippen MR) is 107 cm³/mol. The number of halogens is 1. The van der Waals surface area contributed by atoms with Crippen LogP contribution in [0, 0.1) is 5.41 Å². The van der Waals surface area contributed by atoms with E-state index in [2.05, 4.69) is 17.0 Å². The molecule has 0 unspecified atom stereocenters. The second-order valence-electron chi connectivity index (χ2n) is 7.55. The van der Waals surface area contributed by atoms with Crippen LogP contribution in [0.5, 0.6) is 0 Å². The van der Waals surface area contributed by atoms with Gasteiger partial charge in [0.05, 0.1) is 0 Å². The molecule has 0 saturated heterocycles. The normalized spacial score (nSPS) is 16.3. The molecular weight excluding hydrogens is 334 g/mol. The second-order valence-corrected chi connectivity index (χ2v) is 7.55. The Balaban J connectivity index is 0.00000312. The molecule has 0 bridgehead atoms. The zero-order valence-electron chi connectivity index (χ0n) is 15.7.